The summed E-state index contributed by atoms with van der Waals surface area (Å²) in [6.45, 7) is 5.80. The fourth-order valence-corrected chi connectivity index (χ4v) is 2.96. The van der Waals surface area contributed by atoms with Crippen LogP contribution in [0.4, 0.5) is 0 Å². The molecular formula is C24H25NO2. The Morgan fingerprint density at radius 3 is 2.07 bits per heavy atom. The van der Waals surface area contributed by atoms with Crippen LogP contribution < -0.4 is 10.1 Å². The lowest BCUT2D eigenvalue weighted by atomic mass is 9.97. The molecule has 3 heteroatoms. The first-order chi connectivity index (χ1) is 13.0. The van der Waals surface area contributed by atoms with Crippen LogP contribution in [0.1, 0.15) is 35.2 Å². The number of carbonyl (C=O) groups excluding carboxylic acids is 1. The normalized spacial score (nSPS) is 12.9. The van der Waals surface area contributed by atoms with E-state index in [1.165, 1.54) is 5.56 Å². The van der Waals surface area contributed by atoms with Gasteiger partial charge in [-0.1, -0.05) is 78.4 Å². The molecule has 0 aliphatic carbocycles. The molecule has 0 bridgehead atoms. The van der Waals surface area contributed by atoms with Crippen LogP contribution in [0.3, 0.4) is 0 Å². The quantitative estimate of drug-likeness (QED) is 0.674. The molecule has 3 aromatic rings. The number of rotatable bonds is 6. The number of ether oxygens (including phenoxy) is 1. The molecule has 0 unspecified atom stereocenters. The number of nitrogens with one attached hydrogen (secondary N) is 1. The van der Waals surface area contributed by atoms with E-state index in [4.69, 9.17) is 4.74 Å². The van der Waals surface area contributed by atoms with Gasteiger partial charge in [0.25, 0.3) is 5.91 Å². The molecule has 0 fully saturated rings. The summed E-state index contributed by atoms with van der Waals surface area (Å²) in [5.41, 5.74) is 4.28. The molecule has 0 aliphatic rings. The Balaban J connectivity index is 1.80. The lowest BCUT2D eigenvalue weighted by Crippen LogP contribution is -2.39. The third-order valence-electron chi connectivity index (χ3n) is 4.60. The van der Waals surface area contributed by atoms with Gasteiger partial charge in [-0.25, -0.2) is 0 Å². The lowest BCUT2D eigenvalue weighted by molar-refractivity contribution is -0.127. The van der Waals surface area contributed by atoms with Gasteiger partial charge in [0.05, 0.1) is 6.04 Å². The number of para-hydroxylation sites is 1. The van der Waals surface area contributed by atoms with E-state index in [0.717, 1.165) is 22.4 Å². The molecule has 0 aromatic heterocycles. The summed E-state index contributed by atoms with van der Waals surface area (Å²) >= 11 is 0. The molecule has 0 spiro atoms. The van der Waals surface area contributed by atoms with Gasteiger partial charge < -0.3 is 10.1 Å². The fraction of sp³-hybridized carbons (Fsp3) is 0.208. The van der Waals surface area contributed by atoms with Crippen molar-refractivity contribution in [2.24, 2.45) is 0 Å². The number of hydrogen-bond donors (Lipinski definition) is 1. The van der Waals surface area contributed by atoms with E-state index in [2.05, 4.69) is 36.5 Å². The van der Waals surface area contributed by atoms with Crippen molar-refractivity contribution < 1.29 is 9.53 Å². The maximum Gasteiger partial charge on any atom is 0.261 e. The van der Waals surface area contributed by atoms with E-state index < -0.39 is 6.10 Å². The van der Waals surface area contributed by atoms with Crippen LogP contribution in [-0.2, 0) is 4.79 Å². The zero-order valence-corrected chi connectivity index (χ0v) is 16.0. The molecule has 27 heavy (non-hydrogen) atoms. The van der Waals surface area contributed by atoms with Crippen LogP contribution in [0, 0.1) is 13.8 Å². The summed E-state index contributed by atoms with van der Waals surface area (Å²) in [6.07, 6.45) is -0.595. The van der Waals surface area contributed by atoms with Crippen molar-refractivity contribution in [3.8, 4) is 5.75 Å². The molecule has 0 heterocycles. The van der Waals surface area contributed by atoms with E-state index in [1.807, 2.05) is 61.5 Å². The highest BCUT2D eigenvalue weighted by atomic mass is 16.5. The van der Waals surface area contributed by atoms with Crippen LogP contribution in [0.2, 0.25) is 0 Å². The van der Waals surface area contributed by atoms with Gasteiger partial charge >= 0.3 is 0 Å². The van der Waals surface area contributed by atoms with E-state index in [9.17, 15) is 4.79 Å². The summed E-state index contributed by atoms with van der Waals surface area (Å²) in [5, 5.41) is 3.14. The van der Waals surface area contributed by atoms with Crippen LogP contribution in [-0.4, -0.2) is 12.0 Å². The van der Waals surface area contributed by atoms with Crippen LogP contribution in [0.5, 0.6) is 5.75 Å². The summed E-state index contributed by atoms with van der Waals surface area (Å²) in [4.78, 5) is 12.8. The van der Waals surface area contributed by atoms with Crippen LogP contribution in [0.15, 0.2) is 78.9 Å². The van der Waals surface area contributed by atoms with Crippen molar-refractivity contribution in [3.05, 3.63) is 101 Å². The molecular weight excluding hydrogens is 334 g/mol. The molecule has 0 radical (unpaired) electrons. The van der Waals surface area contributed by atoms with Gasteiger partial charge in [-0.15, -0.1) is 0 Å². The third-order valence-corrected chi connectivity index (χ3v) is 4.60. The highest BCUT2D eigenvalue weighted by molar-refractivity contribution is 5.81. The fourth-order valence-electron chi connectivity index (χ4n) is 2.96. The summed E-state index contributed by atoms with van der Waals surface area (Å²) < 4.78 is 5.89. The molecule has 0 aliphatic heterocycles. The highest BCUT2D eigenvalue weighted by Crippen LogP contribution is 2.23. The van der Waals surface area contributed by atoms with Gasteiger partial charge in [0, 0.05) is 0 Å². The zero-order chi connectivity index (χ0) is 19.2. The summed E-state index contributed by atoms with van der Waals surface area (Å²) in [7, 11) is 0. The first kappa shape index (κ1) is 18.7. The standard InChI is InChI=1S/C24H25NO2/c1-17-13-15-21(16-14-17)23(20-10-5-4-6-11-20)25-24(26)19(3)27-22-12-8-7-9-18(22)2/h4-16,19,23H,1-3H3,(H,25,26)/t19-,23+/m0/s1. The van der Waals surface area contributed by atoms with E-state index in [0.29, 0.717) is 0 Å². The maximum absolute atomic E-state index is 12.8. The molecule has 1 amide bonds. The monoisotopic (exact) mass is 359 g/mol. The van der Waals surface area contributed by atoms with Gasteiger partial charge in [-0.2, -0.15) is 0 Å². The molecule has 138 valence electrons. The van der Waals surface area contributed by atoms with Crippen molar-refractivity contribution in [1.29, 1.82) is 0 Å². The SMILES string of the molecule is Cc1ccc([C@H](NC(=O)[C@H](C)Oc2ccccc2C)c2ccccc2)cc1. The first-order valence-corrected chi connectivity index (χ1v) is 9.19. The van der Waals surface area contributed by atoms with Crippen molar-refractivity contribution in [2.75, 3.05) is 0 Å². The Morgan fingerprint density at radius 2 is 1.41 bits per heavy atom. The third kappa shape index (κ3) is 4.76. The number of aryl methyl sites for hydroxylation is 2. The Labute approximate surface area is 161 Å². The highest BCUT2D eigenvalue weighted by Gasteiger charge is 2.22. The molecule has 0 saturated carbocycles. The Hall–Kier alpha value is -3.07. The van der Waals surface area contributed by atoms with Crippen LogP contribution in [0.25, 0.3) is 0 Å². The molecule has 1 N–H and O–H groups in total. The second kappa shape index (κ2) is 8.54. The minimum Gasteiger partial charge on any atom is -0.481 e. The number of amides is 1. The van der Waals surface area contributed by atoms with Gasteiger partial charge in [0.2, 0.25) is 0 Å². The summed E-state index contributed by atoms with van der Waals surface area (Å²) in [5.74, 6) is 0.583. The topological polar surface area (TPSA) is 38.3 Å². The van der Waals surface area contributed by atoms with Crippen molar-refractivity contribution in [1.82, 2.24) is 5.32 Å². The number of hydrogen-bond acceptors (Lipinski definition) is 2. The Morgan fingerprint density at radius 1 is 0.815 bits per heavy atom. The van der Waals surface area contributed by atoms with Gasteiger partial charge in [-0.05, 0) is 43.5 Å². The van der Waals surface area contributed by atoms with E-state index in [1.54, 1.807) is 6.92 Å². The molecule has 2 atom stereocenters. The van der Waals surface area contributed by atoms with E-state index in [-0.39, 0.29) is 11.9 Å². The van der Waals surface area contributed by atoms with Gasteiger partial charge in [-0.3, -0.25) is 4.79 Å². The minimum absolute atomic E-state index is 0.146. The average molecular weight is 359 g/mol. The minimum atomic E-state index is -0.595. The maximum atomic E-state index is 12.8. The summed E-state index contributed by atoms with van der Waals surface area (Å²) in [6, 6.07) is 25.7. The predicted molar refractivity (Wildman–Crippen MR) is 109 cm³/mol. The molecule has 3 rings (SSSR count). The van der Waals surface area contributed by atoms with Gasteiger partial charge in [0.1, 0.15) is 5.75 Å². The second-order valence-corrected chi connectivity index (χ2v) is 6.79. The predicted octanol–water partition coefficient (Wildman–Crippen LogP) is 4.98. The number of benzene rings is 3. The largest absolute Gasteiger partial charge is 0.481 e. The Bertz CT molecular complexity index is 888. The average Bonchev–Trinajstić information content (AvgIpc) is 2.69. The van der Waals surface area contributed by atoms with Crippen molar-refractivity contribution >= 4 is 5.91 Å². The van der Waals surface area contributed by atoms with E-state index >= 15 is 0 Å². The number of carbonyl (C=O) groups is 1. The lowest BCUT2D eigenvalue weighted by Gasteiger charge is -2.23. The van der Waals surface area contributed by atoms with Crippen LogP contribution >= 0.6 is 0 Å². The second-order valence-electron chi connectivity index (χ2n) is 6.79. The van der Waals surface area contributed by atoms with Crippen molar-refractivity contribution in [3.63, 3.8) is 0 Å². The molecule has 0 saturated heterocycles. The van der Waals surface area contributed by atoms with Gasteiger partial charge in [0.15, 0.2) is 6.10 Å². The molecule has 3 aromatic carbocycles. The Kier molecular flexibility index (Phi) is 5.92. The molecule has 3 nitrogen and oxygen atoms in total. The van der Waals surface area contributed by atoms with Crippen molar-refractivity contribution in [2.45, 2.75) is 32.9 Å². The first-order valence-electron chi connectivity index (χ1n) is 9.19. The zero-order valence-electron chi connectivity index (χ0n) is 16.0. The smallest absolute Gasteiger partial charge is 0.261 e.